The summed E-state index contributed by atoms with van der Waals surface area (Å²) in [7, 11) is 0. The zero-order valence-electron chi connectivity index (χ0n) is 14.9. The van der Waals surface area contributed by atoms with Crippen molar-refractivity contribution in [3.8, 4) is 16.9 Å². The highest BCUT2D eigenvalue weighted by Crippen LogP contribution is 2.38. The van der Waals surface area contributed by atoms with Gasteiger partial charge in [0.05, 0.1) is 11.0 Å². The Balaban J connectivity index is 1.63. The number of benzene rings is 2. The second-order valence-electron chi connectivity index (χ2n) is 6.80. The van der Waals surface area contributed by atoms with Crippen LogP contribution in [0.1, 0.15) is 0 Å². The first-order valence-corrected chi connectivity index (χ1v) is 10.0. The molecule has 0 aliphatic carbocycles. The molecule has 0 spiro atoms. The third kappa shape index (κ3) is 2.22. The molecule has 0 aliphatic rings. The Morgan fingerprint density at radius 3 is 2.54 bits per heavy atom. The Morgan fingerprint density at radius 1 is 0.750 bits per heavy atom. The third-order valence-electron chi connectivity index (χ3n) is 5.23. The molecule has 0 radical (unpaired) electrons. The molecule has 0 bridgehead atoms. The molecule has 0 aliphatic heterocycles. The van der Waals surface area contributed by atoms with Gasteiger partial charge in [-0.25, -0.2) is 4.98 Å². The number of pyridine rings is 2. The second kappa shape index (κ2) is 6.01. The molecule has 2 aromatic carbocycles. The number of aromatic nitrogens is 3. The van der Waals surface area contributed by atoms with Crippen molar-refractivity contribution in [1.29, 1.82) is 0 Å². The average Bonchev–Trinajstić information content (AvgIpc) is 3.36. The molecule has 0 amide bonds. The van der Waals surface area contributed by atoms with E-state index in [0.717, 1.165) is 16.9 Å². The lowest BCUT2D eigenvalue weighted by atomic mass is 10.1. The lowest BCUT2D eigenvalue weighted by Crippen LogP contribution is -1.97. The molecule has 4 aromatic heterocycles. The normalized spacial score (nSPS) is 11.6. The van der Waals surface area contributed by atoms with E-state index in [1.54, 1.807) is 17.5 Å². The van der Waals surface area contributed by atoms with E-state index in [2.05, 4.69) is 75.6 Å². The van der Waals surface area contributed by atoms with Crippen molar-refractivity contribution < 1.29 is 0 Å². The van der Waals surface area contributed by atoms with E-state index < -0.39 is 0 Å². The number of para-hydroxylation sites is 1. The molecule has 6 rings (SSSR count). The summed E-state index contributed by atoms with van der Waals surface area (Å²) in [5.41, 5.74) is 4.51. The first-order valence-electron chi connectivity index (χ1n) is 9.16. The summed E-state index contributed by atoms with van der Waals surface area (Å²) < 4.78 is 3.59. The molecule has 0 saturated heterocycles. The van der Waals surface area contributed by atoms with Crippen LogP contribution in [0.15, 0.2) is 90.7 Å². The highest BCUT2D eigenvalue weighted by atomic mass is 32.1. The van der Waals surface area contributed by atoms with Gasteiger partial charge in [-0.2, -0.15) is 0 Å². The predicted octanol–water partition coefficient (Wildman–Crippen LogP) is 6.46. The molecule has 28 heavy (non-hydrogen) atoms. The summed E-state index contributed by atoms with van der Waals surface area (Å²) in [5.74, 6) is 0.926. The highest BCUT2D eigenvalue weighted by molar-refractivity contribution is 7.18. The minimum absolute atomic E-state index is 0.926. The van der Waals surface area contributed by atoms with Gasteiger partial charge >= 0.3 is 0 Å². The van der Waals surface area contributed by atoms with Gasteiger partial charge in [-0.05, 0) is 47.2 Å². The van der Waals surface area contributed by atoms with Crippen LogP contribution in [0.5, 0.6) is 0 Å². The molecule has 0 unspecified atom stereocenters. The summed E-state index contributed by atoms with van der Waals surface area (Å²) in [6.07, 6.45) is 5.58. The van der Waals surface area contributed by atoms with E-state index in [9.17, 15) is 0 Å². The van der Waals surface area contributed by atoms with E-state index in [0.29, 0.717) is 0 Å². The van der Waals surface area contributed by atoms with Gasteiger partial charge < -0.3 is 0 Å². The lowest BCUT2D eigenvalue weighted by Gasteiger charge is -2.08. The molecular formula is C24H15N3S. The van der Waals surface area contributed by atoms with Crippen LogP contribution in [0.25, 0.3) is 48.8 Å². The fourth-order valence-electron chi connectivity index (χ4n) is 3.95. The van der Waals surface area contributed by atoms with Crippen LogP contribution in [0, 0.1) is 0 Å². The largest absolute Gasteiger partial charge is 0.294 e. The van der Waals surface area contributed by atoms with Gasteiger partial charge in [0.15, 0.2) is 0 Å². The lowest BCUT2D eigenvalue weighted by molar-refractivity contribution is 1.08. The van der Waals surface area contributed by atoms with Crippen molar-refractivity contribution >= 4 is 43.2 Å². The minimum Gasteiger partial charge on any atom is -0.294 e. The first-order chi connectivity index (χ1) is 13.9. The molecule has 0 fully saturated rings. The maximum atomic E-state index is 4.80. The van der Waals surface area contributed by atoms with Crippen LogP contribution in [-0.2, 0) is 0 Å². The van der Waals surface area contributed by atoms with E-state index in [1.165, 1.54) is 31.9 Å². The van der Waals surface area contributed by atoms with Crippen molar-refractivity contribution in [2.45, 2.75) is 0 Å². The van der Waals surface area contributed by atoms with Crippen LogP contribution < -0.4 is 0 Å². The van der Waals surface area contributed by atoms with Gasteiger partial charge in [0, 0.05) is 45.2 Å². The smallest absolute Gasteiger partial charge is 0.137 e. The van der Waals surface area contributed by atoms with Crippen molar-refractivity contribution in [3.63, 3.8) is 0 Å². The maximum Gasteiger partial charge on any atom is 0.137 e. The minimum atomic E-state index is 0.926. The molecule has 4 heteroatoms. The van der Waals surface area contributed by atoms with Gasteiger partial charge in [0.2, 0.25) is 0 Å². The van der Waals surface area contributed by atoms with Crippen LogP contribution in [0.2, 0.25) is 0 Å². The Morgan fingerprint density at radius 2 is 1.68 bits per heavy atom. The van der Waals surface area contributed by atoms with Crippen LogP contribution in [0.3, 0.4) is 0 Å². The Kier molecular flexibility index (Phi) is 3.34. The molecule has 0 saturated carbocycles. The Hall–Kier alpha value is -3.50. The third-order valence-corrected chi connectivity index (χ3v) is 6.17. The number of nitrogens with zero attached hydrogens (tertiary/aromatic N) is 3. The number of fused-ring (bicyclic) bond motifs is 5. The molecule has 0 atom stereocenters. The molecule has 3 nitrogen and oxygen atoms in total. The molecule has 0 N–H and O–H groups in total. The summed E-state index contributed by atoms with van der Waals surface area (Å²) in [5, 5.41) is 6.03. The van der Waals surface area contributed by atoms with Crippen molar-refractivity contribution in [2.75, 3.05) is 0 Å². The van der Waals surface area contributed by atoms with Crippen molar-refractivity contribution in [1.82, 2.24) is 14.5 Å². The zero-order valence-corrected chi connectivity index (χ0v) is 15.7. The number of hydrogen-bond acceptors (Lipinski definition) is 3. The van der Waals surface area contributed by atoms with E-state index in [-0.39, 0.29) is 0 Å². The zero-order chi connectivity index (χ0) is 18.5. The van der Waals surface area contributed by atoms with Gasteiger partial charge in [-0.1, -0.05) is 30.3 Å². The van der Waals surface area contributed by atoms with E-state index in [1.807, 2.05) is 18.5 Å². The number of hydrogen-bond donors (Lipinski definition) is 0. The first kappa shape index (κ1) is 15.5. The average molecular weight is 377 g/mol. The Bertz CT molecular complexity index is 1440. The van der Waals surface area contributed by atoms with Crippen molar-refractivity contribution in [2.24, 2.45) is 0 Å². The highest BCUT2D eigenvalue weighted by Gasteiger charge is 2.15. The molecule has 4 heterocycles. The second-order valence-corrected chi connectivity index (χ2v) is 7.71. The van der Waals surface area contributed by atoms with Gasteiger partial charge in [0.25, 0.3) is 0 Å². The monoisotopic (exact) mass is 377 g/mol. The Labute approximate surface area is 165 Å². The van der Waals surface area contributed by atoms with Crippen LogP contribution >= 0.6 is 11.3 Å². The number of thiophene rings is 1. The van der Waals surface area contributed by atoms with E-state index in [4.69, 9.17) is 4.98 Å². The van der Waals surface area contributed by atoms with Crippen LogP contribution in [0.4, 0.5) is 0 Å². The molecule has 132 valence electrons. The summed E-state index contributed by atoms with van der Waals surface area (Å²) >= 11 is 1.80. The predicted molar refractivity (Wildman–Crippen MR) is 117 cm³/mol. The van der Waals surface area contributed by atoms with Crippen molar-refractivity contribution in [3.05, 3.63) is 90.7 Å². The van der Waals surface area contributed by atoms with Crippen LogP contribution in [-0.4, -0.2) is 14.5 Å². The molecular weight excluding hydrogens is 362 g/mol. The summed E-state index contributed by atoms with van der Waals surface area (Å²) in [6.45, 7) is 0. The fourth-order valence-corrected chi connectivity index (χ4v) is 4.90. The summed E-state index contributed by atoms with van der Waals surface area (Å²) in [6, 6.07) is 23.4. The SMILES string of the molecule is c1cncc(-c2ccc(-n3c4ccccc4c4c5sccc5ccc43)nc2)c1. The summed E-state index contributed by atoms with van der Waals surface area (Å²) in [4.78, 5) is 9.01. The van der Waals surface area contributed by atoms with Gasteiger partial charge in [-0.3, -0.25) is 9.55 Å². The quantitative estimate of drug-likeness (QED) is 0.347. The fraction of sp³-hybridized carbons (Fsp3) is 0. The maximum absolute atomic E-state index is 4.80. The molecule has 6 aromatic rings. The van der Waals surface area contributed by atoms with Gasteiger partial charge in [0.1, 0.15) is 5.82 Å². The van der Waals surface area contributed by atoms with E-state index >= 15 is 0 Å². The number of rotatable bonds is 2. The standard InChI is InChI=1S/C24H15N3S/c1-2-6-20-19(5-1)23-21(9-7-16-11-13-28-24(16)23)27(20)22-10-8-18(15-26-22)17-4-3-12-25-14-17/h1-15H. The topological polar surface area (TPSA) is 30.7 Å². The van der Waals surface area contributed by atoms with Gasteiger partial charge in [-0.15, -0.1) is 11.3 Å².